The Bertz CT molecular complexity index is 188. The first kappa shape index (κ1) is 5.11. The molecule has 0 unspecified atom stereocenters. The van der Waals surface area contributed by atoms with Gasteiger partial charge in [-0.25, -0.2) is 0 Å². The molecule has 40 valence electrons. The molecule has 0 saturated heterocycles. The lowest BCUT2D eigenvalue weighted by atomic mass is 10.4. The molecule has 1 aliphatic heterocycles. The van der Waals surface area contributed by atoms with E-state index in [-0.39, 0.29) is 0 Å². The van der Waals surface area contributed by atoms with Crippen molar-refractivity contribution in [3.05, 3.63) is 12.2 Å². The summed E-state index contributed by atoms with van der Waals surface area (Å²) >= 11 is 0. The fourth-order valence-corrected chi connectivity index (χ4v) is 0.484. The van der Waals surface area contributed by atoms with Crippen LogP contribution in [0.4, 0.5) is 0 Å². The van der Waals surface area contributed by atoms with E-state index in [1.54, 1.807) is 0 Å². The van der Waals surface area contributed by atoms with Crippen molar-refractivity contribution in [2.45, 2.75) is 6.92 Å². The fraction of sp³-hybridized carbons (Fsp3) is 0.286. The molecule has 0 N–H and O–H groups in total. The molecule has 1 heterocycles. The Kier molecular flexibility index (Phi) is 1.48. The van der Waals surface area contributed by atoms with Crippen LogP contribution in [0.1, 0.15) is 6.92 Å². The lowest BCUT2D eigenvalue weighted by molar-refractivity contribution is 1.29. The summed E-state index contributed by atoms with van der Waals surface area (Å²) in [6, 6.07) is 0. The van der Waals surface area contributed by atoms with Gasteiger partial charge in [-0.2, -0.15) is 0 Å². The van der Waals surface area contributed by atoms with E-state index >= 15 is 0 Å². The number of rotatable bonds is 0. The molecule has 0 bridgehead atoms. The lowest BCUT2D eigenvalue weighted by Gasteiger charge is -1.82. The molecule has 0 aromatic carbocycles. The van der Waals surface area contributed by atoms with Crippen molar-refractivity contribution in [2.24, 2.45) is 4.99 Å². The number of nitrogens with zero attached hydrogens (tertiary/aromatic N) is 1. The van der Waals surface area contributed by atoms with Crippen LogP contribution in [-0.4, -0.2) is 12.3 Å². The van der Waals surface area contributed by atoms with E-state index in [2.05, 4.69) is 16.8 Å². The minimum absolute atomic E-state index is 0.652. The average Bonchev–Trinajstić information content (AvgIpc) is 1.94. The quantitative estimate of drug-likeness (QED) is 0.408. The predicted molar refractivity (Wildman–Crippen MR) is 34.9 cm³/mol. The Balaban J connectivity index is 2.75. The second-order valence-corrected chi connectivity index (χ2v) is 1.61. The highest BCUT2D eigenvalue weighted by Gasteiger charge is 1.81. The van der Waals surface area contributed by atoms with Gasteiger partial charge in [0.25, 0.3) is 0 Å². The second kappa shape index (κ2) is 2.32. The van der Waals surface area contributed by atoms with Gasteiger partial charge in [-0.15, -0.1) is 0 Å². The van der Waals surface area contributed by atoms with E-state index in [4.69, 9.17) is 0 Å². The highest BCUT2D eigenvalue weighted by atomic mass is 14.7. The van der Waals surface area contributed by atoms with Gasteiger partial charge in [-0.1, -0.05) is 11.8 Å². The number of hydrogen-bond acceptors (Lipinski definition) is 1. The lowest BCUT2D eigenvalue weighted by Crippen LogP contribution is -1.83. The first-order chi connectivity index (χ1) is 3.89. The molecule has 1 aliphatic rings. The van der Waals surface area contributed by atoms with Gasteiger partial charge in [0.2, 0.25) is 0 Å². The first-order valence-corrected chi connectivity index (χ1v) is 2.55. The van der Waals surface area contributed by atoms with Gasteiger partial charge < -0.3 is 0 Å². The summed E-state index contributed by atoms with van der Waals surface area (Å²) < 4.78 is 0. The van der Waals surface area contributed by atoms with E-state index in [9.17, 15) is 0 Å². The zero-order valence-corrected chi connectivity index (χ0v) is 4.81. The predicted octanol–water partition coefficient (Wildman–Crippen LogP) is 1.02. The van der Waals surface area contributed by atoms with E-state index in [1.165, 1.54) is 0 Å². The maximum absolute atomic E-state index is 4.08. The van der Waals surface area contributed by atoms with Crippen molar-refractivity contribution < 1.29 is 0 Å². The zero-order valence-electron chi connectivity index (χ0n) is 4.81. The molecule has 0 atom stereocenters. The van der Waals surface area contributed by atoms with Crippen LogP contribution >= 0.6 is 0 Å². The highest BCUT2D eigenvalue weighted by molar-refractivity contribution is 5.93. The third-order valence-corrected chi connectivity index (χ3v) is 0.917. The van der Waals surface area contributed by atoms with Crippen LogP contribution in [0.15, 0.2) is 17.1 Å². The molecular formula is C7H7N. The van der Waals surface area contributed by atoms with E-state index in [0.29, 0.717) is 6.54 Å². The minimum atomic E-state index is 0.652. The van der Waals surface area contributed by atoms with Crippen LogP contribution in [0, 0.1) is 11.8 Å². The summed E-state index contributed by atoms with van der Waals surface area (Å²) in [7, 11) is 0. The molecule has 0 amide bonds. The first-order valence-electron chi connectivity index (χ1n) is 2.55. The average molecular weight is 105 g/mol. The third-order valence-electron chi connectivity index (χ3n) is 0.917. The molecule has 1 rings (SSSR count). The number of aliphatic imine (C=N–C) groups is 1. The largest absolute Gasteiger partial charge is 0.277 e. The summed E-state index contributed by atoms with van der Waals surface area (Å²) in [6.07, 6.45) is 3.74. The molecule has 0 radical (unpaired) electrons. The van der Waals surface area contributed by atoms with E-state index in [0.717, 1.165) is 5.71 Å². The van der Waals surface area contributed by atoms with Gasteiger partial charge in [0.05, 0.1) is 0 Å². The van der Waals surface area contributed by atoms with Crippen molar-refractivity contribution in [3.8, 4) is 11.8 Å². The Morgan fingerprint density at radius 3 is 3.50 bits per heavy atom. The van der Waals surface area contributed by atoms with Gasteiger partial charge >= 0.3 is 0 Å². The summed E-state index contributed by atoms with van der Waals surface area (Å²) in [4.78, 5) is 4.08. The maximum Gasteiger partial charge on any atom is 0.100 e. The monoisotopic (exact) mass is 105 g/mol. The van der Waals surface area contributed by atoms with Crippen LogP contribution in [0.5, 0.6) is 0 Å². The van der Waals surface area contributed by atoms with Crippen molar-refractivity contribution in [2.75, 3.05) is 6.54 Å². The van der Waals surface area contributed by atoms with Gasteiger partial charge in [-0.05, 0) is 19.1 Å². The minimum Gasteiger partial charge on any atom is -0.277 e. The molecule has 8 heavy (non-hydrogen) atoms. The smallest absolute Gasteiger partial charge is 0.100 e. The van der Waals surface area contributed by atoms with Crippen LogP contribution < -0.4 is 0 Å². The maximum atomic E-state index is 4.08. The third kappa shape index (κ3) is 1.23. The fourth-order valence-electron chi connectivity index (χ4n) is 0.484. The molecule has 0 aromatic rings. The Morgan fingerprint density at radius 1 is 1.75 bits per heavy atom. The molecule has 0 fully saturated rings. The van der Waals surface area contributed by atoms with Gasteiger partial charge in [-0.3, -0.25) is 4.99 Å². The standard InChI is InChI=1S/C7H7N/c1-7-5-3-2-4-6-8-7/h3,5H,6H2,1H3. The molecule has 0 aliphatic carbocycles. The zero-order chi connectivity index (χ0) is 5.82. The summed E-state index contributed by atoms with van der Waals surface area (Å²) in [5, 5.41) is 0. The van der Waals surface area contributed by atoms with E-state index < -0.39 is 0 Å². The van der Waals surface area contributed by atoms with Crippen molar-refractivity contribution in [1.29, 1.82) is 0 Å². The van der Waals surface area contributed by atoms with Crippen molar-refractivity contribution in [3.63, 3.8) is 0 Å². The summed E-state index contributed by atoms with van der Waals surface area (Å²) in [5.41, 5.74) is 1.04. The van der Waals surface area contributed by atoms with Gasteiger partial charge in [0.1, 0.15) is 6.54 Å². The summed E-state index contributed by atoms with van der Waals surface area (Å²) in [5.74, 6) is 5.69. The highest BCUT2D eigenvalue weighted by Crippen LogP contribution is 1.83. The van der Waals surface area contributed by atoms with Gasteiger partial charge in [0.15, 0.2) is 0 Å². The molecule has 1 nitrogen and oxygen atoms in total. The van der Waals surface area contributed by atoms with Crippen molar-refractivity contribution >= 4 is 5.71 Å². The van der Waals surface area contributed by atoms with Gasteiger partial charge in [0, 0.05) is 5.71 Å². The van der Waals surface area contributed by atoms with Crippen LogP contribution in [0.2, 0.25) is 0 Å². The number of hydrogen-bond donors (Lipinski definition) is 0. The topological polar surface area (TPSA) is 12.4 Å². The number of allylic oxidation sites excluding steroid dienone is 2. The molecular weight excluding hydrogens is 98.1 g/mol. The van der Waals surface area contributed by atoms with E-state index in [1.807, 2.05) is 19.1 Å². The normalized spacial score (nSPS) is 15.9. The molecule has 0 saturated carbocycles. The molecule has 1 heteroatoms. The van der Waals surface area contributed by atoms with Crippen LogP contribution in [0.25, 0.3) is 0 Å². The summed E-state index contributed by atoms with van der Waals surface area (Å²) in [6.45, 7) is 2.62. The SMILES string of the molecule is CC1=NCC#CC=C1. The second-order valence-electron chi connectivity index (χ2n) is 1.61. The molecule has 0 spiro atoms. The molecule has 0 aromatic heterocycles. The van der Waals surface area contributed by atoms with Crippen molar-refractivity contribution in [1.82, 2.24) is 0 Å². The van der Waals surface area contributed by atoms with Crippen LogP contribution in [0.3, 0.4) is 0 Å². The van der Waals surface area contributed by atoms with Crippen LogP contribution in [-0.2, 0) is 0 Å². The Morgan fingerprint density at radius 2 is 2.62 bits per heavy atom. The Hall–Kier alpha value is -1.03. The Labute approximate surface area is 49.1 Å².